The first-order chi connectivity index (χ1) is 5.29. The van der Waals surface area contributed by atoms with E-state index in [-0.39, 0.29) is 0 Å². The zero-order valence-corrected chi connectivity index (χ0v) is 6.59. The molecule has 0 saturated carbocycles. The maximum absolute atomic E-state index is 5.14. The first-order valence-electron chi connectivity index (χ1n) is 3.58. The van der Waals surface area contributed by atoms with Gasteiger partial charge in [-0.05, 0) is 31.0 Å². The van der Waals surface area contributed by atoms with Crippen LogP contribution in [0.3, 0.4) is 0 Å². The number of nitrogens with zero attached hydrogens (tertiary/aromatic N) is 1. The highest BCUT2D eigenvalue weighted by molar-refractivity contribution is 5.77. The molecule has 0 fully saturated rings. The van der Waals surface area contributed by atoms with Gasteiger partial charge in [-0.15, -0.1) is 0 Å². The highest BCUT2D eigenvalue weighted by Gasteiger charge is 2.02. The van der Waals surface area contributed by atoms with Crippen molar-refractivity contribution in [3.63, 3.8) is 0 Å². The first-order valence-corrected chi connectivity index (χ1v) is 3.58. The average Bonchev–Trinajstić information content (AvgIpc) is 2.45. The summed E-state index contributed by atoms with van der Waals surface area (Å²) < 4.78 is 5.14. The molecule has 0 atom stereocenters. The Hall–Kier alpha value is -1.31. The fraction of sp³-hybridized carbons (Fsp3) is 0.222. The molecule has 0 aliphatic rings. The highest BCUT2D eigenvalue weighted by atomic mass is 16.3. The van der Waals surface area contributed by atoms with Crippen LogP contribution in [-0.2, 0) is 0 Å². The monoisotopic (exact) mass is 147 g/mol. The lowest BCUT2D eigenvalue weighted by Gasteiger charge is -1.96. The third-order valence-electron chi connectivity index (χ3n) is 2.03. The standard InChI is InChI=1S/C9H9NO/c1-6-3-4-8-9(7(6)2)10-5-11-8/h3-5H,1-2H3. The third-order valence-corrected chi connectivity index (χ3v) is 2.03. The molecule has 0 bridgehead atoms. The molecule has 1 aromatic carbocycles. The van der Waals surface area contributed by atoms with Gasteiger partial charge in [-0.2, -0.15) is 0 Å². The second-order valence-electron chi connectivity index (χ2n) is 2.71. The Bertz CT molecular complexity index is 389. The Kier molecular flexibility index (Phi) is 1.22. The summed E-state index contributed by atoms with van der Waals surface area (Å²) in [4.78, 5) is 4.11. The van der Waals surface area contributed by atoms with Gasteiger partial charge in [0.1, 0.15) is 5.52 Å². The predicted octanol–water partition coefficient (Wildman–Crippen LogP) is 2.44. The van der Waals surface area contributed by atoms with Crippen LogP contribution in [0.5, 0.6) is 0 Å². The molecule has 0 radical (unpaired) electrons. The van der Waals surface area contributed by atoms with Gasteiger partial charge in [-0.25, -0.2) is 4.98 Å². The molecule has 0 aliphatic carbocycles. The SMILES string of the molecule is Cc1ccc2ocnc2c1C. The molecule has 0 amide bonds. The molecule has 0 aliphatic heterocycles. The average molecular weight is 147 g/mol. The summed E-state index contributed by atoms with van der Waals surface area (Å²) in [6.07, 6.45) is 1.48. The molecule has 56 valence electrons. The molecule has 2 nitrogen and oxygen atoms in total. The van der Waals surface area contributed by atoms with E-state index in [1.807, 2.05) is 12.1 Å². The maximum atomic E-state index is 5.14. The Balaban J connectivity index is 2.93. The number of benzene rings is 1. The molecule has 2 rings (SSSR count). The minimum absolute atomic E-state index is 0.869. The number of oxazole rings is 1. The second-order valence-corrected chi connectivity index (χ2v) is 2.71. The van der Waals surface area contributed by atoms with Crippen molar-refractivity contribution in [3.8, 4) is 0 Å². The smallest absolute Gasteiger partial charge is 0.181 e. The van der Waals surface area contributed by atoms with E-state index in [1.165, 1.54) is 17.5 Å². The molecule has 0 spiro atoms. The van der Waals surface area contributed by atoms with Crippen LogP contribution >= 0.6 is 0 Å². The summed E-state index contributed by atoms with van der Waals surface area (Å²) >= 11 is 0. The summed E-state index contributed by atoms with van der Waals surface area (Å²) in [5.74, 6) is 0. The van der Waals surface area contributed by atoms with E-state index < -0.39 is 0 Å². The molecular formula is C9H9NO. The number of hydrogen-bond acceptors (Lipinski definition) is 2. The molecule has 1 heterocycles. The topological polar surface area (TPSA) is 26.0 Å². The van der Waals surface area contributed by atoms with Crippen molar-refractivity contribution in [2.45, 2.75) is 13.8 Å². The molecule has 2 heteroatoms. The largest absolute Gasteiger partial charge is 0.443 e. The van der Waals surface area contributed by atoms with Gasteiger partial charge in [0, 0.05) is 0 Å². The Morgan fingerprint density at radius 2 is 2.09 bits per heavy atom. The van der Waals surface area contributed by atoms with Gasteiger partial charge in [0.05, 0.1) is 0 Å². The van der Waals surface area contributed by atoms with Crippen LogP contribution in [0.1, 0.15) is 11.1 Å². The van der Waals surface area contributed by atoms with E-state index in [9.17, 15) is 0 Å². The lowest BCUT2D eigenvalue weighted by Crippen LogP contribution is -1.80. The fourth-order valence-corrected chi connectivity index (χ4v) is 1.17. The molecule has 0 N–H and O–H groups in total. The molecule has 0 unspecified atom stereocenters. The molecular weight excluding hydrogens is 138 g/mol. The zero-order valence-electron chi connectivity index (χ0n) is 6.59. The summed E-state index contributed by atoms with van der Waals surface area (Å²) in [7, 11) is 0. The highest BCUT2D eigenvalue weighted by Crippen LogP contribution is 2.18. The summed E-state index contributed by atoms with van der Waals surface area (Å²) in [6, 6.07) is 3.99. The van der Waals surface area contributed by atoms with Crippen molar-refractivity contribution in [3.05, 3.63) is 29.7 Å². The van der Waals surface area contributed by atoms with Crippen molar-refractivity contribution >= 4 is 11.1 Å². The summed E-state index contributed by atoms with van der Waals surface area (Å²) in [5.41, 5.74) is 4.31. The first kappa shape index (κ1) is 6.40. The van der Waals surface area contributed by atoms with Crippen LogP contribution in [-0.4, -0.2) is 4.98 Å². The van der Waals surface area contributed by atoms with Gasteiger partial charge in [0.15, 0.2) is 12.0 Å². The van der Waals surface area contributed by atoms with E-state index in [2.05, 4.69) is 18.8 Å². The van der Waals surface area contributed by atoms with Crippen LogP contribution < -0.4 is 0 Å². The third kappa shape index (κ3) is 0.827. The number of rotatable bonds is 0. The number of aromatic nitrogens is 1. The Morgan fingerprint density at radius 3 is 2.91 bits per heavy atom. The summed E-state index contributed by atoms with van der Waals surface area (Å²) in [5, 5.41) is 0. The van der Waals surface area contributed by atoms with E-state index in [0.717, 1.165) is 11.1 Å². The van der Waals surface area contributed by atoms with Gasteiger partial charge in [0.25, 0.3) is 0 Å². The van der Waals surface area contributed by atoms with Crippen molar-refractivity contribution in [2.24, 2.45) is 0 Å². The van der Waals surface area contributed by atoms with Crippen LogP contribution in [0.25, 0.3) is 11.1 Å². The van der Waals surface area contributed by atoms with Crippen molar-refractivity contribution in [1.82, 2.24) is 4.98 Å². The molecule has 2 aromatic rings. The van der Waals surface area contributed by atoms with E-state index >= 15 is 0 Å². The van der Waals surface area contributed by atoms with Gasteiger partial charge < -0.3 is 4.42 Å². The minimum atomic E-state index is 0.869. The summed E-state index contributed by atoms with van der Waals surface area (Å²) in [6.45, 7) is 4.13. The lowest BCUT2D eigenvalue weighted by molar-refractivity contribution is 0.602. The van der Waals surface area contributed by atoms with Crippen LogP contribution in [0.2, 0.25) is 0 Å². The molecule has 1 aromatic heterocycles. The van der Waals surface area contributed by atoms with Crippen LogP contribution in [0.4, 0.5) is 0 Å². The van der Waals surface area contributed by atoms with Crippen LogP contribution in [0.15, 0.2) is 22.9 Å². The minimum Gasteiger partial charge on any atom is -0.443 e. The second kappa shape index (κ2) is 2.09. The normalized spacial score (nSPS) is 10.7. The zero-order chi connectivity index (χ0) is 7.84. The number of hydrogen-bond donors (Lipinski definition) is 0. The molecule has 0 saturated heterocycles. The predicted molar refractivity (Wildman–Crippen MR) is 43.5 cm³/mol. The number of fused-ring (bicyclic) bond motifs is 1. The van der Waals surface area contributed by atoms with Gasteiger partial charge in [-0.1, -0.05) is 6.07 Å². The van der Waals surface area contributed by atoms with E-state index in [0.29, 0.717) is 0 Å². The van der Waals surface area contributed by atoms with Gasteiger partial charge in [-0.3, -0.25) is 0 Å². The maximum Gasteiger partial charge on any atom is 0.181 e. The van der Waals surface area contributed by atoms with Gasteiger partial charge in [0.2, 0.25) is 0 Å². The van der Waals surface area contributed by atoms with Gasteiger partial charge >= 0.3 is 0 Å². The Labute approximate surface area is 64.9 Å². The van der Waals surface area contributed by atoms with Crippen molar-refractivity contribution < 1.29 is 4.42 Å². The van der Waals surface area contributed by atoms with Crippen molar-refractivity contribution in [2.75, 3.05) is 0 Å². The van der Waals surface area contributed by atoms with Crippen molar-refractivity contribution in [1.29, 1.82) is 0 Å². The van der Waals surface area contributed by atoms with Crippen LogP contribution in [0, 0.1) is 13.8 Å². The van der Waals surface area contributed by atoms with E-state index in [1.54, 1.807) is 0 Å². The molecule has 11 heavy (non-hydrogen) atoms. The quantitative estimate of drug-likeness (QED) is 0.572. The van der Waals surface area contributed by atoms with E-state index in [4.69, 9.17) is 4.42 Å². The Morgan fingerprint density at radius 1 is 1.27 bits per heavy atom. The number of aryl methyl sites for hydroxylation is 2. The fourth-order valence-electron chi connectivity index (χ4n) is 1.17. The lowest BCUT2D eigenvalue weighted by atomic mass is 10.1.